The van der Waals surface area contributed by atoms with Crippen LogP contribution in [0.3, 0.4) is 0 Å². The minimum atomic E-state index is -1.32. The van der Waals surface area contributed by atoms with Crippen molar-refractivity contribution in [3.8, 4) is 11.5 Å². The van der Waals surface area contributed by atoms with Crippen LogP contribution in [0.25, 0.3) is 0 Å². The van der Waals surface area contributed by atoms with E-state index in [1.54, 1.807) is 43.3 Å². The Morgan fingerprint density at radius 1 is 1.04 bits per heavy atom. The van der Waals surface area contributed by atoms with Gasteiger partial charge in [0.15, 0.2) is 0 Å². The van der Waals surface area contributed by atoms with Crippen LogP contribution in [-0.4, -0.2) is 37.1 Å². The number of ether oxygens (including phenoxy) is 2. The fourth-order valence-corrected chi connectivity index (χ4v) is 2.78. The van der Waals surface area contributed by atoms with Crippen molar-refractivity contribution in [2.75, 3.05) is 14.2 Å². The summed E-state index contributed by atoms with van der Waals surface area (Å²) >= 11 is 0. The smallest absolute Gasteiger partial charge is 0.344 e. The number of benzene rings is 2. The largest absolute Gasteiger partial charge is 0.497 e. The highest BCUT2D eigenvalue weighted by atomic mass is 16.5. The fraction of sp³-hybridized carbons (Fsp3) is 0.211. The predicted octanol–water partition coefficient (Wildman–Crippen LogP) is 1.82. The quantitative estimate of drug-likeness (QED) is 0.784. The highest BCUT2D eigenvalue weighted by molar-refractivity contribution is 6.09. The molecular formula is C19H19N3O5. The number of hydrazine groups is 1. The van der Waals surface area contributed by atoms with E-state index in [2.05, 4.69) is 10.7 Å². The number of imide groups is 1. The van der Waals surface area contributed by atoms with E-state index in [9.17, 15) is 14.4 Å². The first-order valence-electron chi connectivity index (χ1n) is 8.15. The summed E-state index contributed by atoms with van der Waals surface area (Å²) in [5.74, 6) is -0.0395. The van der Waals surface area contributed by atoms with Crippen LogP contribution in [0.2, 0.25) is 0 Å². The molecule has 0 unspecified atom stereocenters. The Morgan fingerprint density at radius 3 is 2.33 bits per heavy atom. The lowest BCUT2D eigenvalue weighted by Gasteiger charge is -2.22. The van der Waals surface area contributed by atoms with Crippen molar-refractivity contribution in [2.24, 2.45) is 0 Å². The second kappa shape index (κ2) is 6.99. The zero-order chi connectivity index (χ0) is 19.6. The number of nitrogens with zero attached hydrogens (tertiary/aromatic N) is 1. The lowest BCUT2D eigenvalue weighted by Crippen LogP contribution is -2.47. The van der Waals surface area contributed by atoms with Crippen LogP contribution in [-0.2, 0) is 10.3 Å². The number of hydrogen-bond acceptors (Lipinski definition) is 5. The summed E-state index contributed by atoms with van der Waals surface area (Å²) in [6.45, 7) is 1.57. The highest BCUT2D eigenvalue weighted by Crippen LogP contribution is 2.30. The SMILES string of the molecule is COc1ccc(C(=O)NN2C(=O)N[C@](C)(c3cccc(OC)c3)C2=O)cc1. The highest BCUT2D eigenvalue weighted by Gasteiger charge is 2.50. The summed E-state index contributed by atoms with van der Waals surface area (Å²) in [7, 11) is 3.03. The molecule has 4 amide bonds. The van der Waals surface area contributed by atoms with E-state index in [4.69, 9.17) is 9.47 Å². The van der Waals surface area contributed by atoms with Crippen LogP contribution >= 0.6 is 0 Å². The lowest BCUT2D eigenvalue weighted by molar-refractivity contribution is -0.132. The molecule has 1 fully saturated rings. The van der Waals surface area contributed by atoms with Crippen LogP contribution in [0.5, 0.6) is 11.5 Å². The van der Waals surface area contributed by atoms with Crippen LogP contribution in [0.4, 0.5) is 4.79 Å². The van der Waals surface area contributed by atoms with Gasteiger partial charge in [0.05, 0.1) is 14.2 Å². The number of urea groups is 1. The molecule has 0 radical (unpaired) electrons. The molecule has 0 saturated carbocycles. The summed E-state index contributed by atoms with van der Waals surface area (Å²) in [6.07, 6.45) is 0. The van der Waals surface area contributed by atoms with Crippen molar-refractivity contribution in [1.29, 1.82) is 0 Å². The number of carbonyl (C=O) groups is 3. The fourth-order valence-electron chi connectivity index (χ4n) is 2.78. The molecule has 1 saturated heterocycles. The van der Waals surface area contributed by atoms with Gasteiger partial charge in [-0.05, 0) is 48.9 Å². The average molecular weight is 369 g/mol. The maximum absolute atomic E-state index is 12.9. The molecule has 2 aromatic rings. The first kappa shape index (κ1) is 18.2. The molecule has 1 aliphatic heterocycles. The van der Waals surface area contributed by atoms with Gasteiger partial charge in [-0.15, -0.1) is 0 Å². The van der Waals surface area contributed by atoms with Gasteiger partial charge in [0, 0.05) is 5.56 Å². The van der Waals surface area contributed by atoms with E-state index in [1.165, 1.54) is 26.4 Å². The second-order valence-corrected chi connectivity index (χ2v) is 6.10. The summed E-state index contributed by atoms with van der Waals surface area (Å²) in [5.41, 5.74) is 1.85. The van der Waals surface area contributed by atoms with E-state index in [0.29, 0.717) is 22.1 Å². The third-order valence-electron chi connectivity index (χ3n) is 4.40. The van der Waals surface area contributed by atoms with Gasteiger partial charge < -0.3 is 14.8 Å². The molecule has 0 aliphatic carbocycles. The Hall–Kier alpha value is -3.55. The van der Waals surface area contributed by atoms with E-state index < -0.39 is 23.4 Å². The third kappa shape index (κ3) is 3.29. The minimum Gasteiger partial charge on any atom is -0.497 e. The van der Waals surface area contributed by atoms with Crippen molar-refractivity contribution >= 4 is 17.8 Å². The molecular weight excluding hydrogens is 350 g/mol. The molecule has 8 nitrogen and oxygen atoms in total. The van der Waals surface area contributed by atoms with E-state index in [0.717, 1.165) is 0 Å². The van der Waals surface area contributed by atoms with Gasteiger partial charge >= 0.3 is 6.03 Å². The molecule has 27 heavy (non-hydrogen) atoms. The van der Waals surface area contributed by atoms with Crippen LogP contribution < -0.4 is 20.2 Å². The van der Waals surface area contributed by atoms with Crippen molar-refractivity contribution in [3.63, 3.8) is 0 Å². The van der Waals surface area contributed by atoms with E-state index in [-0.39, 0.29) is 5.56 Å². The Morgan fingerprint density at radius 2 is 1.70 bits per heavy atom. The second-order valence-electron chi connectivity index (χ2n) is 6.10. The van der Waals surface area contributed by atoms with Crippen molar-refractivity contribution in [2.45, 2.75) is 12.5 Å². The van der Waals surface area contributed by atoms with Gasteiger partial charge in [-0.1, -0.05) is 12.1 Å². The molecule has 2 aromatic carbocycles. The first-order chi connectivity index (χ1) is 12.9. The van der Waals surface area contributed by atoms with Crippen LogP contribution in [0.1, 0.15) is 22.8 Å². The Balaban J connectivity index is 1.81. The Kier molecular flexibility index (Phi) is 4.72. The number of amides is 4. The molecule has 8 heteroatoms. The molecule has 1 heterocycles. The molecule has 140 valence electrons. The average Bonchev–Trinajstić information content (AvgIpc) is 2.92. The maximum Gasteiger partial charge on any atom is 0.344 e. The molecule has 0 spiro atoms. The van der Waals surface area contributed by atoms with Gasteiger partial charge in [0.1, 0.15) is 17.0 Å². The van der Waals surface area contributed by atoms with Crippen molar-refractivity contribution in [3.05, 3.63) is 59.7 Å². The van der Waals surface area contributed by atoms with Crippen molar-refractivity contribution < 1.29 is 23.9 Å². The Bertz CT molecular complexity index is 896. The number of hydrogen-bond donors (Lipinski definition) is 2. The normalized spacial score (nSPS) is 18.9. The third-order valence-corrected chi connectivity index (χ3v) is 4.40. The molecule has 0 aromatic heterocycles. The summed E-state index contributed by atoms with van der Waals surface area (Å²) in [4.78, 5) is 37.6. The van der Waals surface area contributed by atoms with Gasteiger partial charge in [-0.25, -0.2) is 4.79 Å². The molecule has 1 aliphatic rings. The number of methoxy groups -OCH3 is 2. The summed E-state index contributed by atoms with van der Waals surface area (Å²) < 4.78 is 10.2. The van der Waals surface area contributed by atoms with Gasteiger partial charge in [0.2, 0.25) is 0 Å². The van der Waals surface area contributed by atoms with Gasteiger partial charge in [0.25, 0.3) is 11.8 Å². The molecule has 3 rings (SSSR count). The van der Waals surface area contributed by atoms with Crippen LogP contribution in [0.15, 0.2) is 48.5 Å². The van der Waals surface area contributed by atoms with E-state index >= 15 is 0 Å². The minimum absolute atomic E-state index is 0.284. The van der Waals surface area contributed by atoms with Gasteiger partial charge in [-0.2, -0.15) is 5.01 Å². The number of carbonyl (C=O) groups excluding carboxylic acids is 3. The van der Waals surface area contributed by atoms with Gasteiger partial charge in [-0.3, -0.25) is 15.0 Å². The maximum atomic E-state index is 12.9. The monoisotopic (exact) mass is 369 g/mol. The molecule has 0 bridgehead atoms. The lowest BCUT2D eigenvalue weighted by atomic mass is 9.92. The predicted molar refractivity (Wildman–Crippen MR) is 96.2 cm³/mol. The summed E-state index contributed by atoms with van der Waals surface area (Å²) in [6, 6.07) is 12.4. The van der Waals surface area contributed by atoms with Crippen LogP contribution in [0, 0.1) is 0 Å². The van der Waals surface area contributed by atoms with E-state index in [1.807, 2.05) is 0 Å². The number of rotatable bonds is 5. The summed E-state index contributed by atoms with van der Waals surface area (Å²) in [5, 5.41) is 3.31. The zero-order valence-electron chi connectivity index (χ0n) is 15.1. The first-order valence-corrected chi connectivity index (χ1v) is 8.15. The standard InChI is InChI=1S/C19H19N3O5/c1-19(13-5-4-6-15(11-13)27-3)17(24)22(18(25)20-19)21-16(23)12-7-9-14(26-2)10-8-12/h4-11H,1-3H3,(H,20,25)(H,21,23)/t19-/m1/s1. The molecule has 2 N–H and O–H groups in total. The topological polar surface area (TPSA) is 97.0 Å². The number of nitrogens with one attached hydrogen (secondary N) is 2. The Labute approximate surface area is 156 Å². The zero-order valence-corrected chi connectivity index (χ0v) is 15.1. The molecule has 1 atom stereocenters. The van der Waals surface area contributed by atoms with Crippen molar-refractivity contribution in [1.82, 2.24) is 15.8 Å².